The molecule has 60 valence electrons. The van der Waals surface area contributed by atoms with E-state index in [1.165, 1.54) is 12.1 Å². The third-order valence-electron chi connectivity index (χ3n) is 1.30. The minimum atomic E-state index is -4.25. The van der Waals surface area contributed by atoms with Gasteiger partial charge >= 0.3 is 70.8 Å². The first-order valence-electron chi connectivity index (χ1n) is 3.01. The Morgan fingerprint density at radius 2 is 1.64 bits per heavy atom. The molecule has 0 amide bonds. The number of aryl methyl sites for hydroxylation is 1. The first-order valence-corrected chi connectivity index (χ1v) is 7.52. The maximum absolute atomic E-state index is 10.8. The molecule has 0 fully saturated rings. The van der Waals surface area contributed by atoms with Crippen molar-refractivity contribution >= 4 is 26.4 Å². The average molecular weight is 238 g/mol. The Kier molecular flexibility index (Phi) is 2.33. The summed E-state index contributed by atoms with van der Waals surface area (Å²) in [7, 11) is 5.16. The van der Waals surface area contributed by atoms with Crippen LogP contribution in [0.25, 0.3) is 0 Å². The second kappa shape index (κ2) is 2.94. The number of hydrogen-bond acceptors (Lipinski definition) is 2. The molecule has 0 bridgehead atoms. The fourth-order valence-corrected chi connectivity index (χ4v) is 2.20. The van der Waals surface area contributed by atoms with Gasteiger partial charge in [0.15, 0.2) is 0 Å². The summed E-state index contributed by atoms with van der Waals surface area (Å²) in [6.45, 7) is 1.89. The predicted molar refractivity (Wildman–Crippen MR) is 43.8 cm³/mol. The molecule has 0 unspecified atom stereocenters. The van der Waals surface area contributed by atoms with Crippen LogP contribution in [0.3, 0.4) is 0 Å². The van der Waals surface area contributed by atoms with Gasteiger partial charge in [0.05, 0.1) is 0 Å². The van der Waals surface area contributed by atoms with E-state index < -0.39 is 11.8 Å². The summed E-state index contributed by atoms with van der Waals surface area (Å²) in [6.07, 6.45) is 0. The number of benzene rings is 1. The molecule has 0 saturated heterocycles. The number of rotatable bonds is 1. The van der Waals surface area contributed by atoms with Crippen LogP contribution in [0.1, 0.15) is 5.56 Å². The molecular formula is C7H7ClO2Se. The van der Waals surface area contributed by atoms with E-state index in [2.05, 4.69) is 0 Å². The Bertz CT molecular complexity index is 339. The van der Waals surface area contributed by atoms with E-state index in [0.29, 0.717) is 0 Å². The molecule has 4 heteroatoms. The van der Waals surface area contributed by atoms with Gasteiger partial charge in [-0.1, -0.05) is 0 Å². The SMILES string of the molecule is Cc1ccc([Se](=O)(=O)Cl)cc1. The predicted octanol–water partition coefficient (Wildman–Crippen LogP) is 1.24. The molecule has 0 aliphatic heterocycles. The van der Waals surface area contributed by atoms with Crippen molar-refractivity contribution in [2.75, 3.05) is 0 Å². The van der Waals surface area contributed by atoms with E-state index in [0.717, 1.165) is 5.56 Å². The summed E-state index contributed by atoms with van der Waals surface area (Å²) >= 11 is -4.25. The second-order valence-corrected chi connectivity index (χ2v) is 7.19. The zero-order valence-corrected chi connectivity index (χ0v) is 8.38. The van der Waals surface area contributed by atoms with Gasteiger partial charge in [0.25, 0.3) is 0 Å². The van der Waals surface area contributed by atoms with Crippen molar-refractivity contribution in [3.05, 3.63) is 29.8 Å². The molecule has 0 N–H and O–H groups in total. The van der Waals surface area contributed by atoms with Crippen LogP contribution in [0.15, 0.2) is 24.3 Å². The van der Waals surface area contributed by atoms with Gasteiger partial charge in [-0.15, -0.1) is 0 Å². The Balaban J connectivity index is 3.20. The van der Waals surface area contributed by atoms with Crippen molar-refractivity contribution in [3.8, 4) is 0 Å². The average Bonchev–Trinajstić information content (AvgIpc) is 1.86. The molecule has 0 aromatic heterocycles. The first-order chi connectivity index (χ1) is 5.00. The molecule has 1 aromatic carbocycles. The van der Waals surface area contributed by atoms with Crippen molar-refractivity contribution in [3.63, 3.8) is 0 Å². The zero-order valence-electron chi connectivity index (χ0n) is 5.91. The second-order valence-electron chi connectivity index (χ2n) is 2.25. The topological polar surface area (TPSA) is 34.1 Å². The van der Waals surface area contributed by atoms with Gasteiger partial charge in [0.2, 0.25) is 0 Å². The standard InChI is InChI=1S/C7H7ClO2Se/c1-6-2-4-7(5-3-6)11(8,9)10/h2-5H,1H3. The molecule has 0 spiro atoms. The molecule has 2 nitrogen and oxygen atoms in total. The first kappa shape index (κ1) is 8.72. The molecule has 11 heavy (non-hydrogen) atoms. The Labute approximate surface area is 71.0 Å². The van der Waals surface area contributed by atoms with Crippen molar-refractivity contribution in [2.24, 2.45) is 0 Å². The third-order valence-corrected chi connectivity index (χ3v) is 3.98. The fraction of sp³-hybridized carbons (Fsp3) is 0.143. The van der Waals surface area contributed by atoms with Gasteiger partial charge in [-0.3, -0.25) is 0 Å². The summed E-state index contributed by atoms with van der Waals surface area (Å²) in [4.78, 5) is 0. The molecule has 0 heterocycles. The normalized spacial score (nSPS) is 11.5. The van der Waals surface area contributed by atoms with Gasteiger partial charge in [-0.2, -0.15) is 0 Å². The summed E-state index contributed by atoms with van der Waals surface area (Å²) in [5, 5.41) is 0. The van der Waals surface area contributed by atoms with Crippen molar-refractivity contribution < 1.29 is 7.67 Å². The van der Waals surface area contributed by atoms with Crippen LogP contribution in [-0.4, -0.2) is 11.8 Å². The quantitative estimate of drug-likeness (QED) is 0.689. The zero-order chi connectivity index (χ0) is 8.48. The van der Waals surface area contributed by atoms with Crippen LogP contribution in [0.5, 0.6) is 0 Å². The maximum atomic E-state index is 10.8. The summed E-state index contributed by atoms with van der Waals surface area (Å²) in [5.74, 6) is 0. The summed E-state index contributed by atoms with van der Waals surface area (Å²) in [5.41, 5.74) is 1.02. The molecular weight excluding hydrogens is 230 g/mol. The van der Waals surface area contributed by atoms with Crippen LogP contribution >= 0.6 is 10.1 Å². The van der Waals surface area contributed by atoms with E-state index in [9.17, 15) is 7.67 Å². The Morgan fingerprint density at radius 3 is 2.00 bits per heavy atom. The van der Waals surface area contributed by atoms with Gasteiger partial charge in [-0.05, 0) is 0 Å². The molecule has 0 radical (unpaired) electrons. The molecule has 0 aliphatic rings. The fourth-order valence-electron chi connectivity index (χ4n) is 0.701. The Morgan fingerprint density at radius 1 is 1.18 bits per heavy atom. The van der Waals surface area contributed by atoms with Crippen molar-refractivity contribution in [1.29, 1.82) is 0 Å². The van der Waals surface area contributed by atoms with E-state index >= 15 is 0 Å². The number of hydrogen-bond donors (Lipinski definition) is 0. The molecule has 1 rings (SSSR count). The van der Waals surface area contributed by atoms with Crippen LogP contribution in [0, 0.1) is 6.92 Å². The monoisotopic (exact) mass is 238 g/mol. The van der Waals surface area contributed by atoms with Gasteiger partial charge < -0.3 is 0 Å². The molecule has 0 atom stereocenters. The van der Waals surface area contributed by atoms with E-state index in [4.69, 9.17) is 10.1 Å². The van der Waals surface area contributed by atoms with Gasteiger partial charge in [0, 0.05) is 0 Å². The summed E-state index contributed by atoms with van der Waals surface area (Å²) in [6, 6.07) is 6.48. The van der Waals surface area contributed by atoms with E-state index in [-0.39, 0.29) is 4.46 Å². The van der Waals surface area contributed by atoms with Crippen LogP contribution in [-0.2, 0) is 7.67 Å². The van der Waals surface area contributed by atoms with Crippen molar-refractivity contribution in [2.45, 2.75) is 6.92 Å². The molecule has 0 aliphatic carbocycles. The van der Waals surface area contributed by atoms with Gasteiger partial charge in [-0.25, -0.2) is 0 Å². The van der Waals surface area contributed by atoms with E-state index in [1.54, 1.807) is 12.1 Å². The van der Waals surface area contributed by atoms with Gasteiger partial charge in [0.1, 0.15) is 0 Å². The molecule has 1 aromatic rings. The molecule has 0 saturated carbocycles. The van der Waals surface area contributed by atoms with Crippen LogP contribution in [0.4, 0.5) is 0 Å². The van der Waals surface area contributed by atoms with Crippen LogP contribution in [0.2, 0.25) is 0 Å². The Hall–Kier alpha value is -0.371. The minimum absolute atomic E-state index is 0.216. The van der Waals surface area contributed by atoms with E-state index in [1.807, 2.05) is 6.92 Å². The third kappa shape index (κ3) is 2.29. The van der Waals surface area contributed by atoms with Crippen molar-refractivity contribution in [1.82, 2.24) is 0 Å². The summed E-state index contributed by atoms with van der Waals surface area (Å²) < 4.78 is 21.8. The van der Waals surface area contributed by atoms with Crippen LogP contribution < -0.4 is 4.46 Å². The number of halogens is 1.